The van der Waals surface area contributed by atoms with E-state index in [2.05, 4.69) is 26.3 Å². The van der Waals surface area contributed by atoms with Gasteiger partial charge in [0.1, 0.15) is 19.1 Å². The molecule has 1 heterocycles. The van der Waals surface area contributed by atoms with E-state index >= 15 is 0 Å². The molecule has 0 bridgehead atoms. The van der Waals surface area contributed by atoms with Crippen molar-refractivity contribution in [3.05, 3.63) is 76.5 Å². The van der Waals surface area contributed by atoms with Crippen LogP contribution in [0.25, 0.3) is 0 Å². The smallest absolute Gasteiger partial charge is 0.255 e. The number of amides is 1. The number of benzene rings is 2. The van der Waals surface area contributed by atoms with Gasteiger partial charge in [-0.15, -0.1) is 0 Å². The van der Waals surface area contributed by atoms with Gasteiger partial charge in [0.05, 0.1) is 18.1 Å². The minimum absolute atomic E-state index is 0.199. The van der Waals surface area contributed by atoms with Gasteiger partial charge in [0, 0.05) is 16.6 Å². The fourth-order valence-electron chi connectivity index (χ4n) is 2.41. The molecule has 1 N–H and O–H groups in total. The summed E-state index contributed by atoms with van der Waals surface area (Å²) < 4.78 is 13.6. The van der Waals surface area contributed by atoms with Gasteiger partial charge in [0.25, 0.3) is 5.91 Å². The zero-order valence-corrected chi connectivity index (χ0v) is 16.5. The Hall–Kier alpha value is -2.64. The van der Waals surface area contributed by atoms with Crippen molar-refractivity contribution in [2.45, 2.75) is 20.3 Å². The van der Waals surface area contributed by atoms with Crippen molar-refractivity contribution in [1.29, 1.82) is 0 Å². The zero-order chi connectivity index (χ0) is 19.1. The minimum atomic E-state index is -0.199. The number of hydrogen-bond donors (Lipinski definition) is 1. The third-order valence-electron chi connectivity index (χ3n) is 3.71. The van der Waals surface area contributed by atoms with E-state index < -0.39 is 0 Å². The molecule has 0 fully saturated rings. The molecule has 3 rings (SSSR count). The van der Waals surface area contributed by atoms with E-state index in [0.717, 1.165) is 15.8 Å². The molecule has 0 unspecified atom stereocenters. The zero-order valence-electron chi connectivity index (χ0n) is 14.9. The van der Waals surface area contributed by atoms with Crippen molar-refractivity contribution in [3.8, 4) is 5.75 Å². The SMILES string of the molecule is CCOCn1cc(NC(=O)c2cccc(COc3cccc(Br)c3)c2)cn1. The Balaban J connectivity index is 1.60. The number of anilines is 1. The van der Waals surface area contributed by atoms with Gasteiger partial charge in [0.15, 0.2) is 0 Å². The molecule has 1 amide bonds. The van der Waals surface area contributed by atoms with Gasteiger partial charge < -0.3 is 14.8 Å². The third-order valence-corrected chi connectivity index (χ3v) is 4.20. The molecule has 3 aromatic rings. The maximum Gasteiger partial charge on any atom is 0.255 e. The Bertz CT molecular complexity index is 911. The predicted molar refractivity (Wildman–Crippen MR) is 107 cm³/mol. The van der Waals surface area contributed by atoms with Crippen LogP contribution in [-0.4, -0.2) is 22.3 Å². The molecule has 0 spiro atoms. The molecule has 0 saturated heterocycles. The molecule has 0 aliphatic carbocycles. The van der Waals surface area contributed by atoms with E-state index in [1.54, 1.807) is 23.1 Å². The van der Waals surface area contributed by atoms with Crippen LogP contribution in [0.5, 0.6) is 5.75 Å². The van der Waals surface area contributed by atoms with Gasteiger partial charge >= 0.3 is 0 Å². The Morgan fingerprint density at radius 2 is 2.07 bits per heavy atom. The second-order valence-electron chi connectivity index (χ2n) is 5.79. The molecule has 7 heteroatoms. The Morgan fingerprint density at radius 1 is 1.22 bits per heavy atom. The number of ether oxygens (including phenoxy) is 2. The summed E-state index contributed by atoms with van der Waals surface area (Å²) >= 11 is 3.42. The first kappa shape index (κ1) is 19.1. The van der Waals surface area contributed by atoms with Crippen molar-refractivity contribution in [3.63, 3.8) is 0 Å². The van der Waals surface area contributed by atoms with Gasteiger partial charge in [-0.3, -0.25) is 4.79 Å². The van der Waals surface area contributed by atoms with Crippen molar-refractivity contribution in [2.75, 3.05) is 11.9 Å². The molecule has 0 atom stereocenters. The average molecular weight is 430 g/mol. The summed E-state index contributed by atoms with van der Waals surface area (Å²) in [6, 6.07) is 15.0. The molecule has 0 aliphatic heterocycles. The van der Waals surface area contributed by atoms with Crippen LogP contribution >= 0.6 is 15.9 Å². The number of carbonyl (C=O) groups is 1. The molecule has 6 nitrogen and oxygen atoms in total. The standard InChI is InChI=1S/C20H20BrN3O3/c1-2-26-14-24-12-18(11-22-24)23-20(25)16-6-3-5-15(9-16)13-27-19-8-4-7-17(21)10-19/h3-12H,2,13-14H2,1H3,(H,23,25). The molecular weight excluding hydrogens is 410 g/mol. The lowest BCUT2D eigenvalue weighted by Crippen LogP contribution is -2.12. The highest BCUT2D eigenvalue weighted by Crippen LogP contribution is 2.19. The third kappa shape index (κ3) is 5.67. The van der Waals surface area contributed by atoms with Crippen LogP contribution in [0.4, 0.5) is 5.69 Å². The van der Waals surface area contributed by atoms with Crippen molar-refractivity contribution in [1.82, 2.24) is 9.78 Å². The number of rotatable bonds is 8. The van der Waals surface area contributed by atoms with Gasteiger partial charge in [-0.1, -0.05) is 34.1 Å². The highest BCUT2D eigenvalue weighted by molar-refractivity contribution is 9.10. The molecule has 2 aromatic carbocycles. The van der Waals surface area contributed by atoms with Crippen LogP contribution in [0.15, 0.2) is 65.4 Å². The highest BCUT2D eigenvalue weighted by atomic mass is 79.9. The Morgan fingerprint density at radius 3 is 2.89 bits per heavy atom. The first-order valence-electron chi connectivity index (χ1n) is 8.53. The van der Waals surface area contributed by atoms with E-state index in [4.69, 9.17) is 9.47 Å². The number of carbonyl (C=O) groups excluding carboxylic acids is 1. The summed E-state index contributed by atoms with van der Waals surface area (Å²) in [5, 5.41) is 6.98. The number of nitrogens with zero attached hydrogens (tertiary/aromatic N) is 2. The van der Waals surface area contributed by atoms with E-state index in [9.17, 15) is 4.79 Å². The number of aromatic nitrogens is 2. The van der Waals surface area contributed by atoms with Crippen LogP contribution in [0.1, 0.15) is 22.8 Å². The quantitative estimate of drug-likeness (QED) is 0.573. The lowest BCUT2D eigenvalue weighted by atomic mass is 10.1. The van der Waals surface area contributed by atoms with Crippen LogP contribution in [0.3, 0.4) is 0 Å². The van der Waals surface area contributed by atoms with E-state index in [-0.39, 0.29) is 5.91 Å². The summed E-state index contributed by atoms with van der Waals surface area (Å²) in [7, 11) is 0. The van der Waals surface area contributed by atoms with Crippen LogP contribution in [0.2, 0.25) is 0 Å². The Labute approximate surface area is 166 Å². The molecule has 0 radical (unpaired) electrons. The van der Waals surface area contributed by atoms with Gasteiger partial charge in [-0.05, 0) is 42.8 Å². The largest absolute Gasteiger partial charge is 0.489 e. The Kier molecular flexibility index (Phi) is 6.62. The number of hydrogen-bond acceptors (Lipinski definition) is 4. The number of halogens is 1. The maximum atomic E-state index is 12.5. The van der Waals surface area contributed by atoms with Crippen LogP contribution in [0, 0.1) is 0 Å². The summed E-state index contributed by atoms with van der Waals surface area (Å²) in [4.78, 5) is 12.5. The van der Waals surface area contributed by atoms with Crippen molar-refractivity contribution < 1.29 is 14.3 Å². The average Bonchev–Trinajstić information content (AvgIpc) is 3.12. The molecule has 1 aromatic heterocycles. The first-order valence-corrected chi connectivity index (χ1v) is 9.32. The fourth-order valence-corrected chi connectivity index (χ4v) is 2.79. The summed E-state index contributed by atoms with van der Waals surface area (Å²) in [5.74, 6) is 0.566. The second-order valence-corrected chi connectivity index (χ2v) is 6.71. The van der Waals surface area contributed by atoms with Gasteiger partial charge in [-0.2, -0.15) is 5.10 Å². The summed E-state index contributed by atoms with van der Waals surface area (Å²) in [5.41, 5.74) is 2.09. The first-order chi connectivity index (χ1) is 13.1. The molecule has 0 aliphatic rings. The lowest BCUT2D eigenvalue weighted by Gasteiger charge is -2.08. The molecule has 0 saturated carbocycles. The minimum Gasteiger partial charge on any atom is -0.489 e. The summed E-state index contributed by atoms with van der Waals surface area (Å²) in [6.45, 7) is 3.26. The van der Waals surface area contributed by atoms with E-state index in [1.807, 2.05) is 49.4 Å². The molecule has 27 heavy (non-hydrogen) atoms. The van der Waals surface area contributed by atoms with Crippen LogP contribution < -0.4 is 10.1 Å². The number of nitrogens with one attached hydrogen (secondary N) is 1. The van der Waals surface area contributed by atoms with Gasteiger partial charge in [0.2, 0.25) is 0 Å². The van der Waals surface area contributed by atoms with Crippen LogP contribution in [-0.2, 0) is 18.1 Å². The second kappa shape index (κ2) is 9.34. The van der Waals surface area contributed by atoms with Gasteiger partial charge in [-0.25, -0.2) is 4.68 Å². The van der Waals surface area contributed by atoms with Crippen molar-refractivity contribution >= 4 is 27.5 Å². The summed E-state index contributed by atoms with van der Waals surface area (Å²) in [6.07, 6.45) is 3.32. The topological polar surface area (TPSA) is 65.4 Å². The van der Waals surface area contributed by atoms with E-state index in [1.165, 1.54) is 0 Å². The fraction of sp³-hybridized carbons (Fsp3) is 0.200. The van der Waals surface area contributed by atoms with E-state index in [0.29, 0.717) is 31.2 Å². The molecular formula is C20H20BrN3O3. The maximum absolute atomic E-state index is 12.5. The predicted octanol–water partition coefficient (Wildman–Crippen LogP) is 4.47. The lowest BCUT2D eigenvalue weighted by molar-refractivity contribution is 0.0792. The van der Waals surface area contributed by atoms with Crippen molar-refractivity contribution in [2.24, 2.45) is 0 Å². The molecule has 140 valence electrons. The monoisotopic (exact) mass is 429 g/mol. The highest BCUT2D eigenvalue weighted by Gasteiger charge is 2.09. The normalized spacial score (nSPS) is 10.6.